The lowest BCUT2D eigenvalue weighted by Gasteiger charge is -2.00. The van der Waals surface area contributed by atoms with Crippen LogP contribution in [-0.2, 0) is 4.79 Å². The van der Waals surface area contributed by atoms with E-state index in [1.165, 1.54) is 0 Å². The molecule has 3 N–H and O–H groups in total. The molecule has 0 atom stereocenters. The summed E-state index contributed by atoms with van der Waals surface area (Å²) in [5.74, 6) is -0.352. The van der Waals surface area contributed by atoms with Gasteiger partial charge in [-0.25, -0.2) is 0 Å². The van der Waals surface area contributed by atoms with E-state index in [4.69, 9.17) is 0 Å². The fourth-order valence-corrected chi connectivity index (χ4v) is 2.56. The predicted molar refractivity (Wildman–Crippen MR) is 81.8 cm³/mol. The molecule has 0 radical (unpaired) electrons. The fourth-order valence-electron chi connectivity index (χ4n) is 2.56. The zero-order chi connectivity index (χ0) is 15.1. The van der Waals surface area contributed by atoms with Crippen LogP contribution in [-0.4, -0.2) is 26.9 Å². The molecular formula is C16H14N4O2. The molecule has 0 saturated heterocycles. The molecule has 2 aromatic heterocycles. The summed E-state index contributed by atoms with van der Waals surface area (Å²) in [4.78, 5) is 27.4. The number of hydrogen-bond acceptors (Lipinski definition) is 3. The van der Waals surface area contributed by atoms with Crippen molar-refractivity contribution >= 4 is 28.4 Å². The summed E-state index contributed by atoms with van der Waals surface area (Å²) < 4.78 is 0. The Kier molecular flexibility index (Phi) is 2.82. The summed E-state index contributed by atoms with van der Waals surface area (Å²) in [6.07, 6.45) is 3.85. The molecule has 1 saturated carbocycles. The van der Waals surface area contributed by atoms with Gasteiger partial charge >= 0.3 is 0 Å². The van der Waals surface area contributed by atoms with Crippen LogP contribution >= 0.6 is 0 Å². The molecule has 1 aliphatic rings. The number of hydrogen-bond donors (Lipinski definition) is 3. The Balaban J connectivity index is 1.55. The number of aromatic amines is 2. The number of fused-ring (bicyclic) bond motifs is 1. The molecule has 1 aliphatic carbocycles. The standard InChI is InChI=1S/C16H14N4O2/c21-15(11-8-17-12-4-2-1-3-10(11)12)16(22)18-14-7-13(19-20-14)9-5-6-9/h1-4,7-9,17H,5-6H2,(H2,18,19,20,22). The predicted octanol–water partition coefficient (Wildman–Crippen LogP) is 2.59. The van der Waals surface area contributed by atoms with Gasteiger partial charge in [0.1, 0.15) is 0 Å². The molecule has 4 rings (SSSR count). The number of aromatic nitrogens is 3. The van der Waals surface area contributed by atoms with Gasteiger partial charge < -0.3 is 10.3 Å². The van der Waals surface area contributed by atoms with Crippen molar-refractivity contribution in [1.29, 1.82) is 0 Å². The monoisotopic (exact) mass is 294 g/mol. The number of amides is 1. The molecule has 6 heteroatoms. The smallest absolute Gasteiger partial charge is 0.298 e. The van der Waals surface area contributed by atoms with Crippen LogP contribution < -0.4 is 5.32 Å². The molecular weight excluding hydrogens is 280 g/mol. The van der Waals surface area contributed by atoms with Crippen LogP contribution in [0.2, 0.25) is 0 Å². The molecule has 110 valence electrons. The summed E-state index contributed by atoms with van der Waals surface area (Å²) in [6.45, 7) is 0. The van der Waals surface area contributed by atoms with Crippen molar-refractivity contribution in [3.05, 3.63) is 47.8 Å². The number of benzene rings is 1. The van der Waals surface area contributed by atoms with Gasteiger partial charge in [-0.05, 0) is 18.9 Å². The van der Waals surface area contributed by atoms with Crippen LogP contribution in [0.3, 0.4) is 0 Å². The van der Waals surface area contributed by atoms with Crippen LogP contribution in [0, 0.1) is 0 Å². The second kappa shape index (κ2) is 4.84. The summed E-state index contributed by atoms with van der Waals surface area (Å²) in [7, 11) is 0. The van der Waals surface area contributed by atoms with Gasteiger partial charge in [-0.3, -0.25) is 14.7 Å². The first kappa shape index (κ1) is 12.8. The quantitative estimate of drug-likeness (QED) is 0.510. The van der Waals surface area contributed by atoms with Crippen LogP contribution in [0.4, 0.5) is 5.82 Å². The van der Waals surface area contributed by atoms with E-state index in [0.717, 1.165) is 29.4 Å². The highest BCUT2D eigenvalue weighted by atomic mass is 16.2. The van der Waals surface area contributed by atoms with Crippen LogP contribution in [0.5, 0.6) is 0 Å². The highest BCUT2D eigenvalue weighted by molar-refractivity contribution is 6.48. The second-order valence-electron chi connectivity index (χ2n) is 5.51. The van der Waals surface area contributed by atoms with Gasteiger partial charge in [-0.1, -0.05) is 18.2 Å². The first-order valence-electron chi connectivity index (χ1n) is 7.19. The van der Waals surface area contributed by atoms with E-state index < -0.39 is 11.7 Å². The molecule has 0 unspecified atom stereocenters. The minimum absolute atomic E-state index is 0.367. The van der Waals surface area contributed by atoms with Gasteiger partial charge in [0, 0.05) is 34.8 Å². The first-order chi connectivity index (χ1) is 10.7. The SMILES string of the molecule is O=C(Nc1cc(C2CC2)[nH]n1)C(=O)c1c[nH]c2ccccc12. The average molecular weight is 294 g/mol. The third-order valence-corrected chi connectivity index (χ3v) is 3.90. The van der Waals surface area contributed by atoms with Crippen molar-refractivity contribution < 1.29 is 9.59 Å². The molecule has 0 aliphatic heterocycles. The molecule has 1 aromatic carbocycles. The number of para-hydroxylation sites is 1. The third-order valence-electron chi connectivity index (χ3n) is 3.90. The molecule has 1 amide bonds. The lowest BCUT2D eigenvalue weighted by atomic mass is 10.1. The molecule has 0 bridgehead atoms. The highest BCUT2D eigenvalue weighted by Crippen LogP contribution is 2.39. The van der Waals surface area contributed by atoms with E-state index in [1.807, 2.05) is 24.3 Å². The Hall–Kier alpha value is -2.89. The molecule has 0 spiro atoms. The Bertz CT molecular complexity index is 873. The van der Waals surface area contributed by atoms with Crippen molar-refractivity contribution in [3.63, 3.8) is 0 Å². The average Bonchev–Trinajstić information content (AvgIpc) is 3.13. The number of rotatable bonds is 4. The maximum atomic E-state index is 12.3. The lowest BCUT2D eigenvalue weighted by Crippen LogP contribution is -2.22. The van der Waals surface area contributed by atoms with Crippen molar-refractivity contribution in [2.24, 2.45) is 0 Å². The van der Waals surface area contributed by atoms with Gasteiger partial charge in [0.15, 0.2) is 5.82 Å². The number of ketones is 1. The Labute approximate surface area is 125 Å². The number of anilines is 1. The van der Waals surface area contributed by atoms with Gasteiger partial charge in [0.05, 0.1) is 5.56 Å². The molecule has 22 heavy (non-hydrogen) atoms. The van der Waals surface area contributed by atoms with Crippen molar-refractivity contribution in [1.82, 2.24) is 15.2 Å². The zero-order valence-corrected chi connectivity index (χ0v) is 11.7. The normalized spacial score (nSPS) is 14.2. The van der Waals surface area contributed by atoms with Gasteiger partial charge in [0.25, 0.3) is 11.7 Å². The summed E-state index contributed by atoms with van der Waals surface area (Å²) in [5, 5.41) is 10.2. The van der Waals surface area contributed by atoms with Crippen LogP contribution in [0.15, 0.2) is 36.5 Å². The summed E-state index contributed by atoms with van der Waals surface area (Å²) >= 11 is 0. The topological polar surface area (TPSA) is 90.6 Å². The molecule has 3 aromatic rings. The number of H-pyrrole nitrogens is 2. The van der Waals surface area contributed by atoms with Crippen LogP contribution in [0.25, 0.3) is 10.9 Å². The van der Waals surface area contributed by atoms with Gasteiger partial charge in [-0.2, -0.15) is 5.10 Å². The maximum Gasteiger partial charge on any atom is 0.298 e. The van der Waals surface area contributed by atoms with E-state index in [1.54, 1.807) is 12.3 Å². The Morgan fingerprint density at radius 2 is 2.05 bits per heavy atom. The van der Waals surface area contributed by atoms with Crippen molar-refractivity contribution in [3.8, 4) is 0 Å². The van der Waals surface area contributed by atoms with E-state index in [9.17, 15) is 9.59 Å². The third kappa shape index (κ3) is 2.18. The van der Waals surface area contributed by atoms with E-state index in [-0.39, 0.29) is 0 Å². The largest absolute Gasteiger partial charge is 0.360 e. The number of Topliss-reactive ketones (excluding diaryl/α,β-unsaturated/α-hetero) is 1. The summed E-state index contributed by atoms with van der Waals surface area (Å²) in [5.41, 5.74) is 2.20. The lowest BCUT2D eigenvalue weighted by molar-refractivity contribution is -0.112. The van der Waals surface area contributed by atoms with E-state index in [0.29, 0.717) is 17.3 Å². The fraction of sp³-hybridized carbons (Fsp3) is 0.188. The molecule has 2 heterocycles. The molecule has 1 fully saturated rings. The minimum atomic E-state index is -0.682. The molecule has 6 nitrogen and oxygen atoms in total. The Morgan fingerprint density at radius 1 is 1.23 bits per heavy atom. The number of carbonyl (C=O) groups is 2. The number of nitrogens with one attached hydrogen (secondary N) is 3. The van der Waals surface area contributed by atoms with Crippen molar-refractivity contribution in [2.45, 2.75) is 18.8 Å². The van der Waals surface area contributed by atoms with Gasteiger partial charge in [0.2, 0.25) is 0 Å². The second-order valence-corrected chi connectivity index (χ2v) is 5.51. The number of nitrogens with zero attached hydrogens (tertiary/aromatic N) is 1. The Morgan fingerprint density at radius 3 is 2.86 bits per heavy atom. The minimum Gasteiger partial charge on any atom is -0.360 e. The van der Waals surface area contributed by atoms with Crippen molar-refractivity contribution in [2.75, 3.05) is 5.32 Å². The maximum absolute atomic E-state index is 12.3. The first-order valence-corrected chi connectivity index (χ1v) is 7.19. The zero-order valence-electron chi connectivity index (χ0n) is 11.7. The number of carbonyl (C=O) groups excluding carboxylic acids is 2. The highest BCUT2D eigenvalue weighted by Gasteiger charge is 2.26. The van der Waals surface area contributed by atoms with Gasteiger partial charge in [-0.15, -0.1) is 0 Å². The van der Waals surface area contributed by atoms with E-state index >= 15 is 0 Å². The van der Waals surface area contributed by atoms with Crippen LogP contribution in [0.1, 0.15) is 34.8 Å². The summed E-state index contributed by atoms with van der Waals surface area (Å²) in [6, 6.07) is 9.17. The van der Waals surface area contributed by atoms with E-state index in [2.05, 4.69) is 20.5 Å².